The second-order valence-corrected chi connectivity index (χ2v) is 20.6. The molecular formula is C69H118O5. The number of hydrogen-bond acceptors (Lipinski definition) is 5. The molecule has 5 nitrogen and oxygen atoms in total. The van der Waals surface area contributed by atoms with Gasteiger partial charge < -0.3 is 14.2 Å². The summed E-state index contributed by atoms with van der Waals surface area (Å²) in [7, 11) is 0. The van der Waals surface area contributed by atoms with Crippen LogP contribution in [-0.2, 0) is 23.8 Å². The number of hydrogen-bond donors (Lipinski definition) is 0. The molecule has 74 heavy (non-hydrogen) atoms. The van der Waals surface area contributed by atoms with Gasteiger partial charge in [0.25, 0.3) is 0 Å². The first kappa shape index (κ1) is 70.6. The Kier molecular flexibility index (Phi) is 60.9. The summed E-state index contributed by atoms with van der Waals surface area (Å²) in [6.45, 7) is 7.63. The van der Waals surface area contributed by atoms with Crippen molar-refractivity contribution in [3.05, 3.63) is 109 Å². The minimum absolute atomic E-state index is 0.0366. The van der Waals surface area contributed by atoms with Gasteiger partial charge in [0, 0.05) is 19.4 Å². The molecule has 0 aliphatic heterocycles. The smallest absolute Gasteiger partial charge is 0.306 e. The van der Waals surface area contributed by atoms with Crippen LogP contribution in [0.3, 0.4) is 0 Å². The van der Waals surface area contributed by atoms with Gasteiger partial charge in [-0.05, 0) is 96.3 Å². The Labute approximate surface area is 459 Å². The third kappa shape index (κ3) is 61.1. The normalized spacial score (nSPS) is 13.0. The summed E-state index contributed by atoms with van der Waals surface area (Å²) in [6, 6.07) is 0. The summed E-state index contributed by atoms with van der Waals surface area (Å²) in [5.41, 5.74) is 0. The van der Waals surface area contributed by atoms with E-state index in [4.69, 9.17) is 14.2 Å². The zero-order chi connectivity index (χ0) is 53.4. The molecule has 0 rings (SSSR count). The zero-order valence-electron chi connectivity index (χ0n) is 48.8. The number of unbranched alkanes of at least 4 members (excludes halogenated alkanes) is 28. The molecule has 1 unspecified atom stereocenters. The molecule has 0 heterocycles. The van der Waals surface area contributed by atoms with E-state index in [1.54, 1.807) is 0 Å². The van der Waals surface area contributed by atoms with Gasteiger partial charge >= 0.3 is 11.9 Å². The molecule has 0 amide bonds. The van der Waals surface area contributed by atoms with E-state index in [-0.39, 0.29) is 25.2 Å². The number of carbonyl (C=O) groups excluding carboxylic acids is 2. The van der Waals surface area contributed by atoms with Crippen LogP contribution < -0.4 is 0 Å². The van der Waals surface area contributed by atoms with Gasteiger partial charge in [0.15, 0.2) is 6.10 Å². The summed E-state index contributed by atoms with van der Waals surface area (Å²) in [5, 5.41) is 0. The highest BCUT2D eigenvalue weighted by Gasteiger charge is 2.17. The van der Waals surface area contributed by atoms with E-state index in [1.165, 1.54) is 161 Å². The summed E-state index contributed by atoms with van der Waals surface area (Å²) >= 11 is 0. The predicted molar refractivity (Wildman–Crippen MR) is 325 cm³/mol. The van der Waals surface area contributed by atoms with Gasteiger partial charge in [0.05, 0.1) is 6.61 Å². The van der Waals surface area contributed by atoms with Crippen LogP contribution in [0, 0.1) is 0 Å². The lowest BCUT2D eigenvalue weighted by molar-refractivity contribution is -0.162. The highest BCUT2D eigenvalue weighted by molar-refractivity contribution is 5.70. The van der Waals surface area contributed by atoms with Crippen molar-refractivity contribution in [2.24, 2.45) is 0 Å². The van der Waals surface area contributed by atoms with E-state index in [9.17, 15) is 9.59 Å². The lowest BCUT2D eigenvalue weighted by Crippen LogP contribution is -2.30. The van der Waals surface area contributed by atoms with Crippen LogP contribution in [0.25, 0.3) is 0 Å². The highest BCUT2D eigenvalue weighted by atomic mass is 16.6. The average Bonchev–Trinajstić information content (AvgIpc) is 3.40. The van der Waals surface area contributed by atoms with Gasteiger partial charge in [-0.1, -0.05) is 291 Å². The topological polar surface area (TPSA) is 61.8 Å². The third-order valence-electron chi connectivity index (χ3n) is 13.3. The third-order valence-corrected chi connectivity index (χ3v) is 13.3. The monoisotopic (exact) mass is 1030 g/mol. The van der Waals surface area contributed by atoms with Crippen molar-refractivity contribution in [3.63, 3.8) is 0 Å². The van der Waals surface area contributed by atoms with E-state index in [2.05, 4.69) is 124 Å². The molecule has 5 heteroatoms. The average molecular weight is 1030 g/mol. The van der Waals surface area contributed by atoms with Crippen LogP contribution in [0.1, 0.15) is 290 Å². The molecule has 0 aromatic rings. The molecule has 0 spiro atoms. The Balaban J connectivity index is 4.40. The molecule has 0 N–H and O–H groups in total. The first-order valence-corrected chi connectivity index (χ1v) is 31.4. The van der Waals surface area contributed by atoms with Crippen molar-refractivity contribution < 1.29 is 23.8 Å². The zero-order valence-corrected chi connectivity index (χ0v) is 48.8. The maximum absolute atomic E-state index is 12.9. The van der Waals surface area contributed by atoms with Crippen LogP contribution in [0.15, 0.2) is 109 Å². The molecule has 0 fully saturated rings. The summed E-state index contributed by atoms with van der Waals surface area (Å²) in [5.74, 6) is -0.503. The molecular weight excluding hydrogens is 909 g/mol. The standard InChI is InChI=1S/C69H118O5/c1-4-7-10-13-16-19-22-25-28-31-34-37-40-43-46-49-52-55-58-61-64-72-65-67(74-69(71)63-60-57-54-51-48-45-42-39-36-33-30-27-24-21-18-15-12-9-6-3)66-73-68(70)62-59-56-53-50-47-44-41-38-35-32-29-26-23-20-17-14-11-8-5-2/h8,11,17-18,20-21,26-27,29-30,35-36,38-39,44,47,53,56,67H,4-7,9-10,12-16,19,22-25,28,31-34,37,40-43,45-46,48-52,54-55,57-66H2,1-3H3/b11-8-,20-17-,21-18-,29-26-,30-27-,38-35-,39-36-,47-44-,56-53-. The van der Waals surface area contributed by atoms with Crippen molar-refractivity contribution in [1.82, 2.24) is 0 Å². The molecule has 1 atom stereocenters. The Hall–Kier alpha value is -3.44. The van der Waals surface area contributed by atoms with E-state index in [0.29, 0.717) is 25.9 Å². The fraction of sp³-hybridized carbons (Fsp3) is 0.710. The lowest BCUT2D eigenvalue weighted by atomic mass is 10.0. The Morgan fingerprint density at radius 3 is 1.05 bits per heavy atom. The fourth-order valence-corrected chi connectivity index (χ4v) is 8.66. The molecule has 0 saturated carbocycles. The SMILES string of the molecule is CC/C=C\C/C=C\C/C=C\C/C=C\C/C=C\C/C=C\CCC(=O)OCC(COCCCCCCCCCCCCCCCCCCCCCC)OC(=O)CCCCCCCC/C=C\C/C=C\C/C=C\CCCCC. The number of esters is 2. The van der Waals surface area contributed by atoms with Gasteiger partial charge in [-0.3, -0.25) is 9.59 Å². The molecule has 424 valence electrons. The lowest BCUT2D eigenvalue weighted by Gasteiger charge is -2.18. The van der Waals surface area contributed by atoms with E-state index >= 15 is 0 Å². The first-order chi connectivity index (χ1) is 36.6. The predicted octanol–water partition coefficient (Wildman–Crippen LogP) is 21.9. The maximum Gasteiger partial charge on any atom is 0.306 e. The molecule has 0 saturated heterocycles. The quantitative estimate of drug-likeness (QED) is 0.0345. The second kappa shape index (κ2) is 63.8. The molecule has 0 aliphatic rings. The van der Waals surface area contributed by atoms with Gasteiger partial charge in [0.1, 0.15) is 6.61 Å². The Morgan fingerprint density at radius 2 is 0.635 bits per heavy atom. The van der Waals surface area contributed by atoms with E-state index < -0.39 is 6.10 Å². The molecule has 0 radical (unpaired) electrons. The Morgan fingerprint density at radius 1 is 0.311 bits per heavy atom. The minimum Gasteiger partial charge on any atom is -0.462 e. The molecule has 0 aromatic heterocycles. The summed E-state index contributed by atoms with van der Waals surface area (Å²) < 4.78 is 17.5. The van der Waals surface area contributed by atoms with Crippen molar-refractivity contribution >= 4 is 11.9 Å². The van der Waals surface area contributed by atoms with Crippen LogP contribution in [0.4, 0.5) is 0 Å². The van der Waals surface area contributed by atoms with Gasteiger partial charge in [-0.25, -0.2) is 0 Å². The second-order valence-electron chi connectivity index (χ2n) is 20.6. The molecule has 0 aromatic carbocycles. The summed E-state index contributed by atoms with van der Waals surface area (Å²) in [6.07, 6.45) is 88.5. The highest BCUT2D eigenvalue weighted by Crippen LogP contribution is 2.16. The van der Waals surface area contributed by atoms with Crippen LogP contribution in [0.2, 0.25) is 0 Å². The fourth-order valence-electron chi connectivity index (χ4n) is 8.66. The summed E-state index contributed by atoms with van der Waals surface area (Å²) in [4.78, 5) is 25.6. The van der Waals surface area contributed by atoms with E-state index in [1.807, 2.05) is 6.08 Å². The van der Waals surface area contributed by atoms with Crippen molar-refractivity contribution in [1.29, 1.82) is 0 Å². The minimum atomic E-state index is -0.580. The van der Waals surface area contributed by atoms with E-state index in [0.717, 1.165) is 89.9 Å². The number of ether oxygens (including phenoxy) is 3. The Bertz CT molecular complexity index is 1440. The van der Waals surface area contributed by atoms with Crippen LogP contribution in [0.5, 0.6) is 0 Å². The number of allylic oxidation sites excluding steroid dienone is 18. The molecule has 0 bridgehead atoms. The van der Waals surface area contributed by atoms with Crippen molar-refractivity contribution in [3.8, 4) is 0 Å². The van der Waals surface area contributed by atoms with Gasteiger partial charge in [-0.15, -0.1) is 0 Å². The van der Waals surface area contributed by atoms with Crippen molar-refractivity contribution in [2.45, 2.75) is 297 Å². The first-order valence-electron chi connectivity index (χ1n) is 31.4. The molecule has 0 aliphatic carbocycles. The van der Waals surface area contributed by atoms with Gasteiger partial charge in [-0.2, -0.15) is 0 Å². The number of rotatable bonds is 57. The van der Waals surface area contributed by atoms with Gasteiger partial charge in [0.2, 0.25) is 0 Å². The largest absolute Gasteiger partial charge is 0.462 e. The number of carbonyl (C=O) groups is 2. The maximum atomic E-state index is 12.9. The van der Waals surface area contributed by atoms with Crippen LogP contribution in [-0.4, -0.2) is 37.9 Å². The van der Waals surface area contributed by atoms with Crippen LogP contribution >= 0.6 is 0 Å². The van der Waals surface area contributed by atoms with Crippen molar-refractivity contribution in [2.75, 3.05) is 19.8 Å².